The van der Waals surface area contributed by atoms with E-state index in [1.165, 1.54) is 6.07 Å². The van der Waals surface area contributed by atoms with Crippen molar-refractivity contribution in [1.82, 2.24) is 9.80 Å². The highest BCUT2D eigenvalue weighted by molar-refractivity contribution is 7.89. The standard InChI is InChI=1S/C14H23N3O3S/c1-16-8-10-17(11-9-16)7-4-12-20-13-5-2-3-6-14(13)21(15,18)19/h2-3,5-6H,4,7-12H2,1H3,(H2,15,18,19). The molecule has 2 rings (SSSR count). The number of hydrogen-bond acceptors (Lipinski definition) is 5. The molecule has 118 valence electrons. The van der Waals surface area contributed by atoms with E-state index in [-0.39, 0.29) is 4.90 Å². The lowest BCUT2D eigenvalue weighted by Gasteiger charge is -2.32. The Morgan fingerprint density at radius 3 is 2.52 bits per heavy atom. The molecule has 0 spiro atoms. The van der Waals surface area contributed by atoms with Crippen LogP contribution in [0.15, 0.2) is 29.2 Å². The maximum atomic E-state index is 11.4. The fraction of sp³-hybridized carbons (Fsp3) is 0.571. The summed E-state index contributed by atoms with van der Waals surface area (Å²) in [7, 11) is -1.61. The van der Waals surface area contributed by atoms with Gasteiger partial charge in [-0.1, -0.05) is 12.1 Å². The topological polar surface area (TPSA) is 75.9 Å². The van der Waals surface area contributed by atoms with Gasteiger partial charge in [-0.25, -0.2) is 13.6 Å². The molecule has 1 aliphatic rings. The molecule has 6 nitrogen and oxygen atoms in total. The highest BCUT2D eigenvalue weighted by atomic mass is 32.2. The lowest BCUT2D eigenvalue weighted by atomic mass is 10.3. The zero-order valence-electron chi connectivity index (χ0n) is 12.4. The fourth-order valence-corrected chi connectivity index (χ4v) is 3.02. The molecule has 1 fully saturated rings. The van der Waals surface area contributed by atoms with E-state index in [4.69, 9.17) is 9.88 Å². The van der Waals surface area contributed by atoms with Crippen molar-refractivity contribution in [3.63, 3.8) is 0 Å². The summed E-state index contributed by atoms with van der Waals surface area (Å²) in [6.07, 6.45) is 0.864. The van der Waals surface area contributed by atoms with Gasteiger partial charge in [-0.05, 0) is 25.6 Å². The maximum Gasteiger partial charge on any atom is 0.241 e. The van der Waals surface area contributed by atoms with Crippen LogP contribution in [0.5, 0.6) is 5.75 Å². The van der Waals surface area contributed by atoms with Gasteiger partial charge in [0.25, 0.3) is 0 Å². The Hall–Kier alpha value is -1.15. The van der Waals surface area contributed by atoms with Crippen LogP contribution < -0.4 is 9.88 Å². The number of sulfonamides is 1. The molecule has 2 N–H and O–H groups in total. The predicted molar refractivity (Wildman–Crippen MR) is 81.9 cm³/mol. The first kappa shape index (κ1) is 16.2. The smallest absolute Gasteiger partial charge is 0.241 e. The van der Waals surface area contributed by atoms with Crippen LogP contribution in [-0.4, -0.2) is 64.6 Å². The minimum absolute atomic E-state index is 0.0459. The Kier molecular flexibility index (Phi) is 5.58. The molecule has 0 aliphatic carbocycles. The Morgan fingerprint density at radius 1 is 1.19 bits per heavy atom. The van der Waals surface area contributed by atoms with Crippen molar-refractivity contribution >= 4 is 10.0 Å². The highest BCUT2D eigenvalue weighted by Gasteiger charge is 2.15. The molecule has 1 saturated heterocycles. The van der Waals surface area contributed by atoms with Gasteiger partial charge in [-0.15, -0.1) is 0 Å². The number of primary sulfonamides is 1. The van der Waals surface area contributed by atoms with Crippen LogP contribution in [0.25, 0.3) is 0 Å². The molecule has 21 heavy (non-hydrogen) atoms. The largest absolute Gasteiger partial charge is 0.492 e. The van der Waals surface area contributed by atoms with Crippen LogP contribution in [0.2, 0.25) is 0 Å². The van der Waals surface area contributed by atoms with Crippen LogP contribution >= 0.6 is 0 Å². The first-order chi connectivity index (χ1) is 9.97. The van der Waals surface area contributed by atoms with E-state index >= 15 is 0 Å². The zero-order valence-corrected chi connectivity index (χ0v) is 13.2. The number of nitrogens with zero attached hydrogens (tertiary/aromatic N) is 2. The summed E-state index contributed by atoms with van der Waals surface area (Å²) in [5.41, 5.74) is 0. The molecule has 7 heteroatoms. The summed E-state index contributed by atoms with van der Waals surface area (Å²) >= 11 is 0. The van der Waals surface area contributed by atoms with Gasteiger partial charge < -0.3 is 14.5 Å². The molecule has 0 saturated carbocycles. The molecular weight excluding hydrogens is 290 g/mol. The second kappa shape index (κ2) is 7.22. The third-order valence-corrected chi connectivity index (χ3v) is 4.58. The van der Waals surface area contributed by atoms with Gasteiger partial charge in [0.05, 0.1) is 6.61 Å². The van der Waals surface area contributed by atoms with E-state index in [0.29, 0.717) is 12.4 Å². The zero-order chi connectivity index (χ0) is 15.3. The van der Waals surface area contributed by atoms with Crippen molar-refractivity contribution in [1.29, 1.82) is 0 Å². The van der Waals surface area contributed by atoms with Crippen molar-refractivity contribution < 1.29 is 13.2 Å². The molecule has 0 bridgehead atoms. The fourth-order valence-electron chi connectivity index (χ4n) is 2.35. The number of hydrogen-bond donors (Lipinski definition) is 1. The van der Waals surface area contributed by atoms with Crippen molar-refractivity contribution in [3.8, 4) is 5.75 Å². The van der Waals surface area contributed by atoms with Crippen molar-refractivity contribution in [2.45, 2.75) is 11.3 Å². The van der Waals surface area contributed by atoms with Crippen LogP contribution in [0.4, 0.5) is 0 Å². The van der Waals surface area contributed by atoms with Crippen LogP contribution in [0.3, 0.4) is 0 Å². The summed E-state index contributed by atoms with van der Waals surface area (Å²) in [5, 5.41) is 5.17. The first-order valence-electron chi connectivity index (χ1n) is 7.12. The number of likely N-dealkylation sites (N-methyl/N-ethyl adjacent to an activating group) is 1. The first-order valence-corrected chi connectivity index (χ1v) is 8.67. The van der Waals surface area contributed by atoms with E-state index in [9.17, 15) is 8.42 Å². The molecule has 1 aromatic rings. The Labute approximate surface area is 126 Å². The molecular formula is C14H23N3O3S. The Bertz CT molecular complexity index is 554. The second-order valence-corrected chi connectivity index (χ2v) is 6.87. The lowest BCUT2D eigenvalue weighted by Crippen LogP contribution is -2.44. The van der Waals surface area contributed by atoms with Crippen LogP contribution in [0, 0.1) is 0 Å². The molecule has 0 atom stereocenters. The summed E-state index contributed by atoms with van der Waals surface area (Å²) in [4.78, 5) is 4.76. The predicted octanol–water partition coefficient (Wildman–Crippen LogP) is 0.350. The monoisotopic (exact) mass is 313 g/mol. The van der Waals surface area contributed by atoms with Gasteiger partial charge >= 0.3 is 0 Å². The van der Waals surface area contributed by atoms with E-state index in [1.54, 1.807) is 18.2 Å². The minimum Gasteiger partial charge on any atom is -0.492 e. The number of para-hydroxylation sites is 1. The molecule has 1 aromatic carbocycles. The summed E-state index contributed by atoms with van der Waals surface area (Å²) in [6.45, 7) is 5.78. The van der Waals surface area contributed by atoms with E-state index < -0.39 is 10.0 Å². The van der Waals surface area contributed by atoms with Gasteiger partial charge in [0.2, 0.25) is 10.0 Å². The molecule has 0 amide bonds. The minimum atomic E-state index is -3.74. The highest BCUT2D eigenvalue weighted by Crippen LogP contribution is 2.21. The van der Waals surface area contributed by atoms with Gasteiger partial charge in [0.1, 0.15) is 10.6 Å². The summed E-state index contributed by atoms with van der Waals surface area (Å²) in [6, 6.07) is 6.47. The Morgan fingerprint density at radius 2 is 1.86 bits per heavy atom. The van der Waals surface area contributed by atoms with Crippen molar-refractivity contribution in [2.75, 3.05) is 46.4 Å². The van der Waals surface area contributed by atoms with Gasteiger partial charge in [-0.3, -0.25) is 0 Å². The Balaban J connectivity index is 1.79. The molecule has 1 aliphatic heterocycles. The number of benzene rings is 1. The van der Waals surface area contributed by atoms with Crippen LogP contribution in [-0.2, 0) is 10.0 Å². The lowest BCUT2D eigenvalue weighted by molar-refractivity contribution is 0.145. The van der Waals surface area contributed by atoms with E-state index in [2.05, 4.69) is 16.8 Å². The molecule has 0 radical (unpaired) electrons. The van der Waals surface area contributed by atoms with Crippen molar-refractivity contribution in [2.24, 2.45) is 5.14 Å². The SMILES string of the molecule is CN1CCN(CCCOc2ccccc2S(N)(=O)=O)CC1. The van der Waals surface area contributed by atoms with E-state index in [1.807, 2.05) is 0 Å². The number of rotatable bonds is 6. The summed E-state index contributed by atoms with van der Waals surface area (Å²) in [5.74, 6) is 0.332. The van der Waals surface area contributed by atoms with Crippen LogP contribution in [0.1, 0.15) is 6.42 Å². The third kappa shape index (κ3) is 4.96. The summed E-state index contributed by atoms with van der Waals surface area (Å²) < 4.78 is 28.5. The second-order valence-electron chi connectivity index (χ2n) is 5.34. The van der Waals surface area contributed by atoms with Gasteiger partial charge in [0, 0.05) is 32.7 Å². The van der Waals surface area contributed by atoms with E-state index in [0.717, 1.165) is 39.1 Å². The average molecular weight is 313 g/mol. The number of ether oxygens (including phenoxy) is 1. The van der Waals surface area contributed by atoms with Crippen molar-refractivity contribution in [3.05, 3.63) is 24.3 Å². The number of piperazine rings is 1. The maximum absolute atomic E-state index is 11.4. The van der Waals surface area contributed by atoms with Gasteiger partial charge in [-0.2, -0.15) is 0 Å². The quantitative estimate of drug-likeness (QED) is 0.767. The molecule has 1 heterocycles. The molecule has 0 aromatic heterocycles. The average Bonchev–Trinajstić information content (AvgIpc) is 2.45. The third-order valence-electron chi connectivity index (χ3n) is 3.63. The number of nitrogens with two attached hydrogens (primary N) is 1. The normalized spacial score (nSPS) is 17.8. The van der Waals surface area contributed by atoms with Gasteiger partial charge in [0.15, 0.2) is 0 Å². The molecule has 0 unspecified atom stereocenters.